The topological polar surface area (TPSA) is 54.9 Å². The fourth-order valence-corrected chi connectivity index (χ4v) is 3.05. The van der Waals surface area contributed by atoms with Crippen LogP contribution in [0.25, 0.3) is 0 Å². The molecule has 7 heteroatoms. The molecule has 1 N–H and O–H groups in total. The Hall–Kier alpha value is -1.11. The number of benzene rings is 1. The molecule has 18 heavy (non-hydrogen) atoms. The van der Waals surface area contributed by atoms with Gasteiger partial charge in [-0.3, -0.25) is 4.79 Å². The Balaban J connectivity index is 1.95. The standard InChI is InChI=1S/C11H10ClN3OS2/c1-7(18-11-15-13-6-17-11)10(16)14-9-4-2-3-8(12)5-9/h2-7H,1H3,(H,14,16)/t7-/m0/s1. The number of thioether (sulfide) groups is 1. The Morgan fingerprint density at radius 1 is 1.56 bits per heavy atom. The van der Waals surface area contributed by atoms with Gasteiger partial charge in [-0.05, 0) is 25.1 Å². The molecule has 4 nitrogen and oxygen atoms in total. The molecule has 2 aromatic rings. The van der Waals surface area contributed by atoms with Gasteiger partial charge < -0.3 is 5.32 Å². The van der Waals surface area contributed by atoms with Gasteiger partial charge in [0, 0.05) is 10.7 Å². The molecule has 0 aliphatic carbocycles. The minimum absolute atomic E-state index is 0.0857. The van der Waals surface area contributed by atoms with Crippen LogP contribution in [0.1, 0.15) is 6.92 Å². The minimum Gasteiger partial charge on any atom is -0.325 e. The molecule has 0 aliphatic heterocycles. The van der Waals surface area contributed by atoms with E-state index in [1.54, 1.807) is 29.8 Å². The molecule has 0 spiro atoms. The van der Waals surface area contributed by atoms with Gasteiger partial charge in [-0.25, -0.2) is 0 Å². The number of nitrogens with one attached hydrogen (secondary N) is 1. The molecule has 1 aromatic carbocycles. The van der Waals surface area contributed by atoms with E-state index >= 15 is 0 Å². The Morgan fingerprint density at radius 3 is 3.06 bits per heavy atom. The highest BCUT2D eigenvalue weighted by Crippen LogP contribution is 2.25. The lowest BCUT2D eigenvalue weighted by Gasteiger charge is -2.10. The summed E-state index contributed by atoms with van der Waals surface area (Å²) in [4.78, 5) is 11.9. The Bertz CT molecular complexity index is 533. The second-order valence-electron chi connectivity index (χ2n) is 3.46. The Kier molecular flexibility index (Phi) is 4.57. The maximum atomic E-state index is 11.9. The lowest BCUT2D eigenvalue weighted by atomic mass is 10.3. The highest BCUT2D eigenvalue weighted by atomic mass is 35.5. The van der Waals surface area contributed by atoms with Crippen molar-refractivity contribution in [3.8, 4) is 0 Å². The number of rotatable bonds is 4. The van der Waals surface area contributed by atoms with Crippen molar-refractivity contribution in [3.63, 3.8) is 0 Å². The first-order valence-electron chi connectivity index (χ1n) is 5.14. The van der Waals surface area contributed by atoms with E-state index in [9.17, 15) is 4.79 Å². The zero-order chi connectivity index (χ0) is 13.0. The summed E-state index contributed by atoms with van der Waals surface area (Å²) in [5.41, 5.74) is 2.33. The molecule has 1 heterocycles. The first-order valence-corrected chi connectivity index (χ1v) is 7.28. The van der Waals surface area contributed by atoms with Crippen LogP contribution in [0.5, 0.6) is 0 Å². The number of carbonyl (C=O) groups is 1. The summed E-state index contributed by atoms with van der Waals surface area (Å²) in [7, 11) is 0. The van der Waals surface area contributed by atoms with Gasteiger partial charge in [-0.2, -0.15) is 0 Å². The lowest BCUT2D eigenvalue weighted by molar-refractivity contribution is -0.115. The molecule has 94 valence electrons. The van der Waals surface area contributed by atoms with E-state index in [-0.39, 0.29) is 11.2 Å². The SMILES string of the molecule is C[C@H](Sc1nncs1)C(=O)Nc1cccc(Cl)c1. The normalized spacial score (nSPS) is 12.1. The molecular formula is C11H10ClN3OS2. The van der Waals surface area contributed by atoms with Gasteiger partial charge in [-0.15, -0.1) is 10.2 Å². The molecule has 0 saturated heterocycles. The zero-order valence-corrected chi connectivity index (χ0v) is 11.9. The minimum atomic E-state index is -0.239. The van der Waals surface area contributed by atoms with Crippen LogP contribution in [0.3, 0.4) is 0 Å². The molecule has 0 fully saturated rings. The van der Waals surface area contributed by atoms with Crippen LogP contribution in [0.4, 0.5) is 5.69 Å². The van der Waals surface area contributed by atoms with Crippen molar-refractivity contribution in [2.45, 2.75) is 16.5 Å². The third-order valence-electron chi connectivity index (χ3n) is 2.08. The van der Waals surface area contributed by atoms with E-state index in [1.807, 2.05) is 6.92 Å². The summed E-state index contributed by atoms with van der Waals surface area (Å²) in [5.74, 6) is -0.0857. The van der Waals surface area contributed by atoms with Crippen molar-refractivity contribution in [2.75, 3.05) is 5.32 Å². The van der Waals surface area contributed by atoms with E-state index in [2.05, 4.69) is 15.5 Å². The summed E-state index contributed by atoms with van der Waals surface area (Å²) in [6.07, 6.45) is 0. The van der Waals surface area contributed by atoms with E-state index in [0.29, 0.717) is 10.7 Å². The summed E-state index contributed by atoms with van der Waals surface area (Å²) < 4.78 is 0.781. The second-order valence-corrected chi connectivity index (χ2v) is 6.32. The first-order chi connectivity index (χ1) is 8.65. The Morgan fingerprint density at radius 2 is 2.39 bits per heavy atom. The average Bonchev–Trinajstić information content (AvgIpc) is 2.81. The van der Waals surface area contributed by atoms with Gasteiger partial charge in [0.05, 0.1) is 5.25 Å². The van der Waals surface area contributed by atoms with Gasteiger partial charge in [-0.1, -0.05) is 40.8 Å². The van der Waals surface area contributed by atoms with Gasteiger partial charge in [0.1, 0.15) is 5.51 Å². The monoisotopic (exact) mass is 299 g/mol. The number of aromatic nitrogens is 2. The van der Waals surface area contributed by atoms with Crippen LogP contribution >= 0.6 is 34.7 Å². The molecular weight excluding hydrogens is 290 g/mol. The van der Waals surface area contributed by atoms with Gasteiger partial charge in [0.15, 0.2) is 4.34 Å². The van der Waals surface area contributed by atoms with E-state index in [4.69, 9.17) is 11.6 Å². The van der Waals surface area contributed by atoms with Gasteiger partial charge in [0.25, 0.3) is 0 Å². The molecule has 1 amide bonds. The van der Waals surface area contributed by atoms with E-state index in [1.165, 1.54) is 23.1 Å². The molecule has 0 radical (unpaired) electrons. The molecule has 1 atom stereocenters. The van der Waals surface area contributed by atoms with Crippen LogP contribution in [-0.2, 0) is 4.79 Å². The molecule has 2 rings (SSSR count). The summed E-state index contributed by atoms with van der Waals surface area (Å²) in [6, 6.07) is 7.06. The highest BCUT2D eigenvalue weighted by Gasteiger charge is 2.16. The van der Waals surface area contributed by atoms with Crippen molar-refractivity contribution >= 4 is 46.3 Å². The summed E-state index contributed by atoms with van der Waals surface area (Å²) >= 11 is 8.65. The molecule has 0 saturated carbocycles. The summed E-state index contributed by atoms with van der Waals surface area (Å²) in [5, 5.41) is 10.8. The average molecular weight is 300 g/mol. The predicted octanol–water partition coefficient (Wildman–Crippen LogP) is 3.31. The van der Waals surface area contributed by atoms with E-state index < -0.39 is 0 Å². The van der Waals surface area contributed by atoms with Crippen molar-refractivity contribution in [1.29, 1.82) is 0 Å². The smallest absolute Gasteiger partial charge is 0.237 e. The lowest BCUT2D eigenvalue weighted by Crippen LogP contribution is -2.22. The van der Waals surface area contributed by atoms with Crippen LogP contribution in [0.2, 0.25) is 5.02 Å². The molecule has 1 aromatic heterocycles. The zero-order valence-electron chi connectivity index (χ0n) is 9.46. The second kappa shape index (κ2) is 6.17. The van der Waals surface area contributed by atoms with Crippen molar-refractivity contribution < 1.29 is 4.79 Å². The number of halogens is 1. The molecule has 0 aliphatic rings. The maximum absolute atomic E-state index is 11.9. The predicted molar refractivity (Wildman–Crippen MR) is 75.3 cm³/mol. The maximum Gasteiger partial charge on any atom is 0.237 e. The number of anilines is 1. The highest BCUT2D eigenvalue weighted by molar-refractivity contribution is 8.02. The van der Waals surface area contributed by atoms with Crippen LogP contribution in [0, 0.1) is 0 Å². The number of hydrogen-bond acceptors (Lipinski definition) is 5. The fourth-order valence-electron chi connectivity index (χ4n) is 1.23. The van der Waals surface area contributed by atoms with Crippen molar-refractivity contribution in [2.24, 2.45) is 0 Å². The van der Waals surface area contributed by atoms with Crippen LogP contribution < -0.4 is 5.32 Å². The quantitative estimate of drug-likeness (QED) is 0.880. The largest absolute Gasteiger partial charge is 0.325 e. The third-order valence-corrected chi connectivity index (χ3v) is 4.23. The van der Waals surface area contributed by atoms with Gasteiger partial charge >= 0.3 is 0 Å². The third kappa shape index (κ3) is 3.69. The number of amides is 1. The summed E-state index contributed by atoms with van der Waals surface area (Å²) in [6.45, 7) is 1.83. The number of hydrogen-bond donors (Lipinski definition) is 1. The molecule has 0 bridgehead atoms. The Labute approximate surface area is 118 Å². The molecule has 0 unspecified atom stereocenters. The van der Waals surface area contributed by atoms with Crippen molar-refractivity contribution in [3.05, 3.63) is 34.8 Å². The van der Waals surface area contributed by atoms with E-state index in [0.717, 1.165) is 4.34 Å². The van der Waals surface area contributed by atoms with Crippen LogP contribution in [-0.4, -0.2) is 21.4 Å². The van der Waals surface area contributed by atoms with Crippen LogP contribution in [0.15, 0.2) is 34.1 Å². The fraction of sp³-hybridized carbons (Fsp3) is 0.182. The number of nitrogens with zero attached hydrogens (tertiary/aromatic N) is 2. The first kappa shape index (κ1) is 13.3. The van der Waals surface area contributed by atoms with Crippen molar-refractivity contribution in [1.82, 2.24) is 10.2 Å². The number of carbonyl (C=O) groups excluding carboxylic acids is 1. The van der Waals surface area contributed by atoms with Gasteiger partial charge in [0.2, 0.25) is 5.91 Å².